The van der Waals surface area contributed by atoms with Crippen molar-refractivity contribution in [3.05, 3.63) is 60.8 Å². The number of carbonyl (C=O) groups is 1. The molecule has 4 N–H and O–H groups in total. The van der Waals surface area contributed by atoms with Gasteiger partial charge in [-0.3, -0.25) is 4.79 Å². The van der Waals surface area contributed by atoms with E-state index in [1.54, 1.807) is 0 Å². The van der Waals surface area contributed by atoms with Crippen LogP contribution in [0.15, 0.2) is 60.8 Å². The number of rotatable bonds is 43. The van der Waals surface area contributed by atoms with Crippen molar-refractivity contribution < 1.29 is 44.2 Å². The number of allylic oxidation sites excluding steroid dienone is 10. The third-order valence-electron chi connectivity index (χ3n) is 11.4. The molecule has 0 aromatic rings. The molecule has 360 valence electrons. The Morgan fingerprint density at radius 3 is 1.42 bits per heavy atom. The average Bonchev–Trinajstić information content (AvgIpc) is 3.27. The number of esters is 1. The van der Waals surface area contributed by atoms with Crippen LogP contribution >= 0.6 is 0 Å². The summed E-state index contributed by atoms with van der Waals surface area (Å²) in [6.07, 6.45) is 49.8. The number of hydrogen-bond donors (Lipinski definition) is 4. The zero-order chi connectivity index (χ0) is 45.0. The highest BCUT2D eigenvalue weighted by Gasteiger charge is 2.44. The van der Waals surface area contributed by atoms with Crippen LogP contribution in [-0.2, 0) is 23.7 Å². The Bertz CT molecular complexity index is 1130. The van der Waals surface area contributed by atoms with Gasteiger partial charge < -0.3 is 39.4 Å². The molecule has 62 heavy (non-hydrogen) atoms. The van der Waals surface area contributed by atoms with Gasteiger partial charge in [0.25, 0.3) is 0 Å². The van der Waals surface area contributed by atoms with Crippen LogP contribution in [0.1, 0.15) is 206 Å². The Kier molecular flexibility index (Phi) is 41.2. The summed E-state index contributed by atoms with van der Waals surface area (Å²) in [6, 6.07) is 0. The average molecular weight is 875 g/mol. The summed E-state index contributed by atoms with van der Waals surface area (Å²) in [6.45, 7) is 4.40. The molecule has 0 saturated carbocycles. The van der Waals surface area contributed by atoms with Crippen LogP contribution in [-0.4, -0.2) is 89.6 Å². The summed E-state index contributed by atoms with van der Waals surface area (Å²) in [4.78, 5) is 12.8. The first kappa shape index (κ1) is 57.9. The Labute approximate surface area is 379 Å². The summed E-state index contributed by atoms with van der Waals surface area (Å²) in [5.41, 5.74) is 0. The van der Waals surface area contributed by atoms with Crippen LogP contribution in [0.4, 0.5) is 0 Å². The van der Waals surface area contributed by atoms with E-state index in [-0.39, 0.29) is 25.6 Å². The lowest BCUT2D eigenvalue weighted by molar-refractivity contribution is -0.305. The van der Waals surface area contributed by atoms with E-state index in [1.807, 2.05) is 0 Å². The maximum absolute atomic E-state index is 12.8. The number of aliphatic hydroxyl groups excluding tert-OH is 4. The van der Waals surface area contributed by atoms with Crippen molar-refractivity contribution in [3.63, 3.8) is 0 Å². The summed E-state index contributed by atoms with van der Waals surface area (Å²) in [7, 11) is 0. The van der Waals surface area contributed by atoms with E-state index in [0.29, 0.717) is 13.0 Å². The van der Waals surface area contributed by atoms with Gasteiger partial charge in [0.2, 0.25) is 0 Å². The standard InChI is InChI=1S/C53H94O9/c1-3-5-7-9-11-13-15-17-19-21-22-23-24-25-27-29-31-33-35-37-39-41-43-59-45-47(46-60-53-52(58)51(57)50(56)48(44-54)62-53)61-49(55)42-40-38-36-34-32-30-28-26-20-18-16-14-12-10-8-6-4-2/h6,8,12,14,18,20,28,30,34,36,47-48,50-54,56-58H,3-5,7,9-11,13,15-17,19,21-27,29,31-33,35,37-46H2,1-2H3/b8-6-,14-12-,20-18-,30-28-,36-34-. The molecule has 9 nitrogen and oxygen atoms in total. The lowest BCUT2D eigenvalue weighted by atomic mass is 9.99. The number of unbranched alkanes of at least 4 members (excludes halogenated alkanes) is 22. The lowest BCUT2D eigenvalue weighted by Crippen LogP contribution is -2.59. The van der Waals surface area contributed by atoms with Crippen LogP contribution in [0.5, 0.6) is 0 Å². The molecule has 0 aromatic carbocycles. The van der Waals surface area contributed by atoms with Crippen molar-refractivity contribution in [3.8, 4) is 0 Å². The molecule has 6 unspecified atom stereocenters. The summed E-state index contributed by atoms with van der Waals surface area (Å²) in [5.74, 6) is -0.368. The fourth-order valence-corrected chi connectivity index (χ4v) is 7.53. The van der Waals surface area contributed by atoms with Crippen molar-refractivity contribution in [2.24, 2.45) is 0 Å². The van der Waals surface area contributed by atoms with Crippen molar-refractivity contribution >= 4 is 5.97 Å². The Hall–Kier alpha value is -2.11. The van der Waals surface area contributed by atoms with Gasteiger partial charge in [-0.15, -0.1) is 0 Å². The second kappa shape index (κ2) is 44.1. The van der Waals surface area contributed by atoms with Crippen molar-refractivity contribution in [1.29, 1.82) is 0 Å². The van der Waals surface area contributed by atoms with Crippen LogP contribution in [0.2, 0.25) is 0 Å². The molecule has 1 aliphatic heterocycles. The first-order valence-electron chi connectivity index (χ1n) is 25.4. The van der Waals surface area contributed by atoms with Gasteiger partial charge in [-0.2, -0.15) is 0 Å². The third-order valence-corrected chi connectivity index (χ3v) is 11.4. The van der Waals surface area contributed by atoms with E-state index < -0.39 is 43.4 Å². The minimum absolute atomic E-state index is 0.122. The molecule has 1 rings (SSSR count). The maximum atomic E-state index is 12.8. The smallest absolute Gasteiger partial charge is 0.306 e. The van der Waals surface area contributed by atoms with E-state index in [2.05, 4.69) is 74.6 Å². The van der Waals surface area contributed by atoms with Crippen LogP contribution in [0.25, 0.3) is 0 Å². The molecule has 6 atom stereocenters. The first-order chi connectivity index (χ1) is 30.4. The van der Waals surface area contributed by atoms with Crippen LogP contribution < -0.4 is 0 Å². The second-order valence-corrected chi connectivity index (χ2v) is 17.2. The fourth-order valence-electron chi connectivity index (χ4n) is 7.53. The Morgan fingerprint density at radius 1 is 0.532 bits per heavy atom. The topological polar surface area (TPSA) is 135 Å². The Morgan fingerprint density at radius 2 is 0.968 bits per heavy atom. The predicted molar refractivity (Wildman–Crippen MR) is 256 cm³/mol. The number of aliphatic hydroxyl groups is 4. The summed E-state index contributed by atoms with van der Waals surface area (Å²) >= 11 is 0. The van der Waals surface area contributed by atoms with Crippen molar-refractivity contribution in [1.82, 2.24) is 0 Å². The van der Waals surface area contributed by atoms with E-state index in [9.17, 15) is 25.2 Å². The molecule has 1 fully saturated rings. The number of carbonyl (C=O) groups excluding carboxylic acids is 1. The largest absolute Gasteiger partial charge is 0.457 e. The molecular weight excluding hydrogens is 781 g/mol. The molecule has 0 radical (unpaired) electrons. The molecule has 0 bridgehead atoms. The van der Waals surface area contributed by atoms with E-state index in [1.165, 1.54) is 128 Å². The lowest BCUT2D eigenvalue weighted by Gasteiger charge is -2.39. The van der Waals surface area contributed by atoms with E-state index in [0.717, 1.165) is 51.4 Å². The molecule has 9 heteroatoms. The van der Waals surface area contributed by atoms with E-state index >= 15 is 0 Å². The van der Waals surface area contributed by atoms with Gasteiger partial charge in [-0.25, -0.2) is 0 Å². The molecule has 0 aromatic heterocycles. The normalized spacial score (nSPS) is 20.3. The molecule has 1 aliphatic rings. The number of ether oxygens (including phenoxy) is 4. The molecule has 1 saturated heterocycles. The number of hydrogen-bond acceptors (Lipinski definition) is 9. The molecular formula is C53H94O9. The predicted octanol–water partition coefficient (Wildman–Crippen LogP) is 12.3. The van der Waals surface area contributed by atoms with Crippen LogP contribution in [0.3, 0.4) is 0 Å². The van der Waals surface area contributed by atoms with Gasteiger partial charge in [0.15, 0.2) is 6.29 Å². The fraction of sp³-hybridized carbons (Fsp3) is 0.792. The quantitative estimate of drug-likeness (QED) is 0.0268. The highest BCUT2D eigenvalue weighted by atomic mass is 16.7. The van der Waals surface area contributed by atoms with Crippen molar-refractivity contribution in [2.75, 3.05) is 26.4 Å². The van der Waals surface area contributed by atoms with Gasteiger partial charge >= 0.3 is 5.97 Å². The maximum Gasteiger partial charge on any atom is 0.306 e. The van der Waals surface area contributed by atoms with Gasteiger partial charge in [0, 0.05) is 13.0 Å². The van der Waals surface area contributed by atoms with Gasteiger partial charge in [0.1, 0.15) is 30.5 Å². The zero-order valence-electron chi connectivity index (χ0n) is 39.6. The molecule has 0 aliphatic carbocycles. The minimum atomic E-state index is -1.55. The zero-order valence-corrected chi connectivity index (χ0v) is 39.6. The van der Waals surface area contributed by atoms with Gasteiger partial charge in [-0.1, -0.05) is 209 Å². The molecule has 0 spiro atoms. The highest BCUT2D eigenvalue weighted by Crippen LogP contribution is 2.23. The van der Waals surface area contributed by atoms with Crippen molar-refractivity contribution in [2.45, 2.75) is 243 Å². The van der Waals surface area contributed by atoms with Crippen LogP contribution in [0, 0.1) is 0 Å². The van der Waals surface area contributed by atoms with E-state index in [4.69, 9.17) is 18.9 Å². The SMILES string of the molecule is CC/C=C\C/C=C\C/C=C\C/C=C\C/C=C\CCCC(=O)OC(COCCCCCCCCCCCCCCCCCCCCCCCC)COC1OC(CO)C(O)C(O)C1O. The summed E-state index contributed by atoms with van der Waals surface area (Å²) in [5, 5.41) is 40.2. The van der Waals surface area contributed by atoms with Gasteiger partial charge in [-0.05, 0) is 51.4 Å². The highest BCUT2D eigenvalue weighted by molar-refractivity contribution is 5.69. The van der Waals surface area contributed by atoms with Gasteiger partial charge in [0.05, 0.1) is 19.8 Å². The Balaban J connectivity index is 2.23. The third kappa shape index (κ3) is 34.3. The minimum Gasteiger partial charge on any atom is -0.457 e. The monoisotopic (exact) mass is 875 g/mol. The first-order valence-corrected chi connectivity index (χ1v) is 25.4. The molecule has 0 amide bonds. The summed E-state index contributed by atoms with van der Waals surface area (Å²) < 4.78 is 22.8. The second-order valence-electron chi connectivity index (χ2n) is 17.2. The molecule has 1 heterocycles.